The molecule has 0 spiro atoms. The highest BCUT2D eigenvalue weighted by Gasteiger charge is 2.19. The van der Waals surface area contributed by atoms with Crippen molar-refractivity contribution in [1.29, 1.82) is 0 Å². The van der Waals surface area contributed by atoms with E-state index in [0.29, 0.717) is 16.7 Å². The van der Waals surface area contributed by atoms with E-state index >= 15 is 0 Å². The minimum atomic E-state index is -0.0131. The lowest BCUT2D eigenvalue weighted by Gasteiger charge is -2.15. The van der Waals surface area contributed by atoms with Gasteiger partial charge in [-0.1, -0.05) is 12.7 Å². The lowest BCUT2D eigenvalue weighted by molar-refractivity contribution is 0.364. The van der Waals surface area contributed by atoms with Crippen molar-refractivity contribution in [3.63, 3.8) is 0 Å². The molecule has 0 aliphatic rings. The number of phenols is 2. The van der Waals surface area contributed by atoms with E-state index in [1.807, 2.05) is 0 Å². The van der Waals surface area contributed by atoms with E-state index in [4.69, 9.17) is 16.3 Å². The molecule has 0 bridgehead atoms. The highest BCUT2D eigenvalue weighted by Crippen LogP contribution is 2.43. The quantitative estimate of drug-likeness (QED) is 0.618. The lowest BCUT2D eigenvalue weighted by atomic mass is 10.0. The minimum Gasteiger partial charge on any atom is -0.507 e. The maximum absolute atomic E-state index is 9.86. The molecule has 0 heterocycles. The fourth-order valence-corrected chi connectivity index (χ4v) is 1.78. The summed E-state index contributed by atoms with van der Waals surface area (Å²) in [6.45, 7) is 5.22. The zero-order valence-corrected chi connectivity index (χ0v) is 9.43. The van der Waals surface area contributed by atoms with Crippen LogP contribution in [0.15, 0.2) is 6.58 Å². The predicted octanol–water partition coefficient (Wildman–Crippen LogP) is 2.80. The Labute approximate surface area is 93.6 Å². The van der Waals surface area contributed by atoms with Crippen LogP contribution in [-0.4, -0.2) is 17.3 Å². The highest BCUT2D eigenvalue weighted by molar-refractivity contribution is 6.17. The first-order chi connectivity index (χ1) is 7.08. The monoisotopic (exact) mass is 228 g/mol. The number of aromatic hydroxyl groups is 2. The van der Waals surface area contributed by atoms with Gasteiger partial charge < -0.3 is 14.9 Å². The largest absolute Gasteiger partial charge is 0.507 e. The SMILES string of the molecule is C=Cc1c(O)c(CCl)c(C)c(O)c1OC. The molecule has 0 radical (unpaired) electrons. The van der Waals surface area contributed by atoms with Crippen LogP contribution in [0, 0.1) is 6.92 Å². The van der Waals surface area contributed by atoms with Crippen LogP contribution in [0.5, 0.6) is 17.2 Å². The van der Waals surface area contributed by atoms with Crippen LogP contribution in [0.4, 0.5) is 0 Å². The van der Waals surface area contributed by atoms with Gasteiger partial charge in [0, 0.05) is 11.1 Å². The summed E-state index contributed by atoms with van der Waals surface area (Å²) in [5.74, 6) is 0.331. The first kappa shape index (κ1) is 11.7. The maximum Gasteiger partial charge on any atom is 0.171 e. The van der Waals surface area contributed by atoms with Crippen LogP contribution in [0.2, 0.25) is 0 Å². The van der Waals surface area contributed by atoms with Gasteiger partial charge in [0.05, 0.1) is 18.6 Å². The number of ether oxygens (including phenoxy) is 1. The Kier molecular flexibility index (Phi) is 3.48. The first-order valence-electron chi connectivity index (χ1n) is 4.38. The third-order valence-corrected chi connectivity index (χ3v) is 2.62. The Bertz CT molecular complexity index is 400. The number of methoxy groups -OCH3 is 1. The maximum atomic E-state index is 9.86. The molecule has 0 atom stereocenters. The molecule has 0 saturated heterocycles. The summed E-state index contributed by atoms with van der Waals surface area (Å²) >= 11 is 5.69. The van der Waals surface area contributed by atoms with Gasteiger partial charge in [-0.25, -0.2) is 0 Å². The van der Waals surface area contributed by atoms with E-state index in [9.17, 15) is 10.2 Å². The predicted molar refractivity (Wildman–Crippen MR) is 60.7 cm³/mol. The number of hydrogen-bond acceptors (Lipinski definition) is 3. The molecule has 0 saturated carbocycles. The van der Waals surface area contributed by atoms with Crippen molar-refractivity contribution in [3.8, 4) is 17.2 Å². The Morgan fingerprint density at radius 1 is 1.40 bits per heavy atom. The first-order valence-corrected chi connectivity index (χ1v) is 4.91. The van der Waals surface area contributed by atoms with Crippen LogP contribution in [0.25, 0.3) is 6.08 Å². The molecule has 0 unspecified atom stereocenters. The molecule has 1 aromatic rings. The number of alkyl halides is 1. The van der Waals surface area contributed by atoms with Gasteiger partial charge >= 0.3 is 0 Å². The molecule has 2 N–H and O–H groups in total. The smallest absolute Gasteiger partial charge is 0.171 e. The molecule has 15 heavy (non-hydrogen) atoms. The second-order valence-corrected chi connectivity index (χ2v) is 3.35. The van der Waals surface area contributed by atoms with Crippen molar-refractivity contribution >= 4 is 17.7 Å². The molecular formula is C11H13ClO3. The van der Waals surface area contributed by atoms with Gasteiger partial charge in [0.1, 0.15) is 5.75 Å². The molecule has 0 fully saturated rings. The number of rotatable bonds is 3. The average Bonchev–Trinajstić information content (AvgIpc) is 2.23. The molecule has 0 aromatic heterocycles. The van der Waals surface area contributed by atoms with Crippen molar-refractivity contribution in [2.75, 3.05) is 7.11 Å². The lowest BCUT2D eigenvalue weighted by Crippen LogP contribution is -1.95. The van der Waals surface area contributed by atoms with Crippen LogP contribution < -0.4 is 4.74 Å². The average molecular weight is 229 g/mol. The zero-order chi connectivity index (χ0) is 11.6. The summed E-state index contributed by atoms with van der Waals surface area (Å²) in [6.07, 6.45) is 1.42. The minimum absolute atomic E-state index is 0.00662. The fraction of sp³-hybridized carbons (Fsp3) is 0.273. The Morgan fingerprint density at radius 3 is 2.40 bits per heavy atom. The Morgan fingerprint density at radius 2 is 2.00 bits per heavy atom. The summed E-state index contributed by atoms with van der Waals surface area (Å²) in [5, 5.41) is 19.7. The van der Waals surface area contributed by atoms with Crippen molar-refractivity contribution in [2.24, 2.45) is 0 Å². The summed E-state index contributed by atoms with van der Waals surface area (Å²) in [4.78, 5) is 0. The van der Waals surface area contributed by atoms with E-state index in [1.165, 1.54) is 13.2 Å². The molecular weight excluding hydrogens is 216 g/mol. The topological polar surface area (TPSA) is 49.7 Å². The van der Waals surface area contributed by atoms with Crippen LogP contribution in [0.3, 0.4) is 0 Å². The molecule has 1 aromatic carbocycles. The van der Waals surface area contributed by atoms with E-state index in [-0.39, 0.29) is 23.1 Å². The van der Waals surface area contributed by atoms with E-state index < -0.39 is 0 Å². The summed E-state index contributed by atoms with van der Waals surface area (Å²) in [5.41, 5.74) is 1.37. The van der Waals surface area contributed by atoms with E-state index in [0.717, 1.165) is 0 Å². The molecule has 0 aliphatic heterocycles. The number of halogens is 1. The Hall–Kier alpha value is -1.35. The van der Waals surface area contributed by atoms with Crippen LogP contribution in [-0.2, 0) is 5.88 Å². The molecule has 0 aliphatic carbocycles. The molecule has 3 nitrogen and oxygen atoms in total. The Balaban J connectivity index is 3.64. The third-order valence-electron chi connectivity index (χ3n) is 2.35. The summed E-state index contributed by atoms with van der Waals surface area (Å²) in [6, 6.07) is 0. The molecule has 1 rings (SSSR count). The van der Waals surface area contributed by atoms with Gasteiger partial charge in [0.15, 0.2) is 11.5 Å². The summed E-state index contributed by atoms with van der Waals surface area (Å²) < 4.78 is 5.00. The second-order valence-electron chi connectivity index (χ2n) is 3.09. The fourth-order valence-electron chi connectivity index (χ4n) is 1.45. The van der Waals surface area contributed by atoms with Gasteiger partial charge in [-0.3, -0.25) is 0 Å². The van der Waals surface area contributed by atoms with Crippen molar-refractivity contribution in [1.82, 2.24) is 0 Å². The summed E-state index contributed by atoms with van der Waals surface area (Å²) in [7, 11) is 1.42. The number of phenolic OH excluding ortho intramolecular Hbond substituents is 2. The third kappa shape index (κ3) is 1.75. The molecule has 0 amide bonds. The second kappa shape index (κ2) is 4.45. The number of benzene rings is 1. The van der Waals surface area contributed by atoms with Gasteiger partial charge in [-0.05, 0) is 6.92 Å². The van der Waals surface area contributed by atoms with Gasteiger partial charge in [-0.2, -0.15) is 0 Å². The van der Waals surface area contributed by atoms with Crippen molar-refractivity contribution in [2.45, 2.75) is 12.8 Å². The molecule has 4 heteroatoms. The van der Waals surface area contributed by atoms with E-state index in [1.54, 1.807) is 6.92 Å². The molecule has 82 valence electrons. The number of hydrogen-bond donors (Lipinski definition) is 2. The van der Waals surface area contributed by atoms with Crippen molar-refractivity contribution in [3.05, 3.63) is 23.3 Å². The highest BCUT2D eigenvalue weighted by atomic mass is 35.5. The van der Waals surface area contributed by atoms with Crippen molar-refractivity contribution < 1.29 is 14.9 Å². The van der Waals surface area contributed by atoms with Gasteiger partial charge in [-0.15, -0.1) is 11.6 Å². The van der Waals surface area contributed by atoms with E-state index in [2.05, 4.69) is 6.58 Å². The normalized spacial score (nSPS) is 10.1. The standard InChI is InChI=1S/C11H13ClO3/c1-4-7-10(14)8(5-12)6(2)9(13)11(7)15-3/h4,13-14H,1,5H2,2-3H3. The van der Waals surface area contributed by atoms with Gasteiger partial charge in [0.25, 0.3) is 0 Å². The van der Waals surface area contributed by atoms with Crippen LogP contribution in [0.1, 0.15) is 16.7 Å². The van der Waals surface area contributed by atoms with Gasteiger partial charge in [0.2, 0.25) is 0 Å². The zero-order valence-electron chi connectivity index (χ0n) is 8.67. The van der Waals surface area contributed by atoms with Crippen LogP contribution >= 0.6 is 11.6 Å².